The first-order valence-electron chi connectivity index (χ1n) is 9.34. The van der Waals surface area contributed by atoms with Crippen LogP contribution in [0.25, 0.3) is 11.0 Å². The van der Waals surface area contributed by atoms with Crippen LogP contribution in [0.15, 0.2) is 12.4 Å². The van der Waals surface area contributed by atoms with Crippen LogP contribution in [-0.2, 0) is 4.74 Å². The lowest BCUT2D eigenvalue weighted by Crippen LogP contribution is -2.55. The normalized spacial score (nSPS) is 20.9. The molecule has 1 aliphatic carbocycles. The van der Waals surface area contributed by atoms with Crippen molar-refractivity contribution in [3.8, 4) is 0 Å². The van der Waals surface area contributed by atoms with E-state index in [0.717, 1.165) is 55.4 Å². The third-order valence-electron chi connectivity index (χ3n) is 5.73. The second-order valence-electron chi connectivity index (χ2n) is 7.39. The number of nitrogens with zero attached hydrogens (tertiary/aromatic N) is 4. The Bertz CT molecular complexity index is 751. The molecule has 6 nitrogen and oxygen atoms in total. The van der Waals surface area contributed by atoms with Gasteiger partial charge in [-0.15, -0.1) is 0 Å². The molecule has 0 spiro atoms. The van der Waals surface area contributed by atoms with Crippen molar-refractivity contribution in [2.75, 3.05) is 38.2 Å². The molecule has 25 heavy (non-hydrogen) atoms. The van der Waals surface area contributed by atoms with Crippen molar-refractivity contribution in [1.82, 2.24) is 19.9 Å². The summed E-state index contributed by atoms with van der Waals surface area (Å²) in [5.74, 6) is 0.912. The van der Waals surface area contributed by atoms with Crippen molar-refractivity contribution in [3.63, 3.8) is 0 Å². The molecule has 1 saturated heterocycles. The number of pyridine rings is 1. The molecule has 0 amide bonds. The van der Waals surface area contributed by atoms with Crippen LogP contribution >= 0.6 is 0 Å². The van der Waals surface area contributed by atoms with Gasteiger partial charge < -0.3 is 10.1 Å². The van der Waals surface area contributed by atoms with E-state index < -0.39 is 0 Å². The van der Waals surface area contributed by atoms with E-state index in [1.165, 1.54) is 31.2 Å². The maximum atomic E-state index is 5.56. The van der Waals surface area contributed by atoms with Gasteiger partial charge in [-0.1, -0.05) is 12.8 Å². The monoisotopic (exact) mass is 341 g/mol. The molecule has 0 radical (unpaired) electrons. The highest BCUT2D eigenvalue weighted by molar-refractivity contribution is 5.89. The fourth-order valence-corrected chi connectivity index (χ4v) is 4.47. The van der Waals surface area contributed by atoms with Crippen LogP contribution in [0.3, 0.4) is 0 Å². The Morgan fingerprint density at radius 1 is 1.16 bits per heavy atom. The van der Waals surface area contributed by atoms with Crippen molar-refractivity contribution >= 4 is 16.9 Å². The molecule has 0 atom stereocenters. The molecular weight excluding hydrogens is 314 g/mol. The highest BCUT2D eigenvalue weighted by atomic mass is 16.5. The lowest BCUT2D eigenvalue weighted by molar-refractivity contribution is -0.0160. The van der Waals surface area contributed by atoms with Gasteiger partial charge >= 0.3 is 0 Å². The van der Waals surface area contributed by atoms with Crippen molar-refractivity contribution < 1.29 is 4.74 Å². The number of nitrogens with one attached hydrogen (secondary N) is 1. The molecule has 3 heterocycles. The highest BCUT2D eigenvalue weighted by Gasteiger charge is 2.40. The number of anilines is 1. The van der Waals surface area contributed by atoms with Gasteiger partial charge in [-0.25, -0.2) is 15.0 Å². The zero-order valence-corrected chi connectivity index (χ0v) is 15.2. The minimum atomic E-state index is 0.229. The number of morpholine rings is 1. The summed E-state index contributed by atoms with van der Waals surface area (Å²) in [6.07, 6.45) is 6.73. The summed E-state index contributed by atoms with van der Waals surface area (Å²) in [5, 5.41) is 4.70. The molecule has 2 aromatic heterocycles. The van der Waals surface area contributed by atoms with Gasteiger partial charge in [0.15, 0.2) is 5.65 Å². The number of fused-ring (bicyclic) bond motifs is 1. The van der Waals surface area contributed by atoms with E-state index in [2.05, 4.69) is 38.2 Å². The first-order valence-corrected chi connectivity index (χ1v) is 9.34. The topological polar surface area (TPSA) is 63.2 Å². The number of aryl methyl sites for hydroxylation is 2. The summed E-state index contributed by atoms with van der Waals surface area (Å²) >= 11 is 0. The SMILES string of the molecule is Cc1cc(C)c2c(NCC3(N4CCOCC4)CCCC3)ncnc2n1. The number of hydrogen-bond donors (Lipinski definition) is 1. The third kappa shape index (κ3) is 3.20. The van der Waals surface area contributed by atoms with Gasteiger partial charge in [0.25, 0.3) is 0 Å². The lowest BCUT2D eigenvalue weighted by atomic mass is 9.94. The van der Waals surface area contributed by atoms with E-state index in [1.54, 1.807) is 6.33 Å². The zero-order chi connectivity index (χ0) is 17.3. The molecule has 0 aromatic carbocycles. The number of aromatic nitrogens is 3. The molecule has 0 unspecified atom stereocenters. The summed E-state index contributed by atoms with van der Waals surface area (Å²) in [5.41, 5.74) is 3.18. The smallest absolute Gasteiger partial charge is 0.165 e. The lowest BCUT2D eigenvalue weighted by Gasteiger charge is -2.43. The molecule has 2 fully saturated rings. The van der Waals surface area contributed by atoms with Crippen LogP contribution in [0.1, 0.15) is 36.9 Å². The molecule has 2 aliphatic rings. The van der Waals surface area contributed by atoms with E-state index >= 15 is 0 Å². The molecule has 1 saturated carbocycles. The van der Waals surface area contributed by atoms with Crippen LogP contribution in [0.4, 0.5) is 5.82 Å². The standard InChI is InChI=1S/C19H27N5O/c1-14-11-15(2)23-18-16(14)17(21-13-22-18)20-12-19(5-3-4-6-19)24-7-9-25-10-8-24/h11,13H,3-10,12H2,1-2H3,(H,20,21,22,23). The Hall–Kier alpha value is -1.79. The number of ether oxygens (including phenoxy) is 1. The van der Waals surface area contributed by atoms with E-state index in [1.807, 2.05) is 6.92 Å². The maximum absolute atomic E-state index is 5.56. The molecule has 1 aliphatic heterocycles. The van der Waals surface area contributed by atoms with Gasteiger partial charge in [-0.05, 0) is 38.3 Å². The Morgan fingerprint density at radius 3 is 2.68 bits per heavy atom. The number of rotatable bonds is 4. The van der Waals surface area contributed by atoms with Crippen molar-refractivity contribution in [3.05, 3.63) is 23.7 Å². The van der Waals surface area contributed by atoms with Gasteiger partial charge in [0, 0.05) is 30.9 Å². The first kappa shape index (κ1) is 16.7. The summed E-state index contributed by atoms with van der Waals surface area (Å²) in [6.45, 7) is 8.80. The van der Waals surface area contributed by atoms with Crippen LogP contribution in [0.5, 0.6) is 0 Å². The third-order valence-corrected chi connectivity index (χ3v) is 5.73. The molecule has 0 bridgehead atoms. The molecule has 134 valence electrons. The summed E-state index contributed by atoms with van der Waals surface area (Å²) in [7, 11) is 0. The number of hydrogen-bond acceptors (Lipinski definition) is 6. The Balaban J connectivity index is 1.60. The van der Waals surface area contributed by atoms with Gasteiger partial charge in [0.2, 0.25) is 0 Å². The quantitative estimate of drug-likeness (QED) is 0.922. The second kappa shape index (κ2) is 6.84. The molecular formula is C19H27N5O. The van der Waals surface area contributed by atoms with Crippen LogP contribution < -0.4 is 5.32 Å². The first-order chi connectivity index (χ1) is 12.2. The van der Waals surface area contributed by atoms with Crippen molar-refractivity contribution in [2.24, 2.45) is 0 Å². The van der Waals surface area contributed by atoms with Gasteiger partial charge in [0.05, 0.1) is 18.6 Å². The Morgan fingerprint density at radius 2 is 1.92 bits per heavy atom. The van der Waals surface area contributed by atoms with Crippen molar-refractivity contribution in [1.29, 1.82) is 0 Å². The Labute approximate surface area is 149 Å². The van der Waals surface area contributed by atoms with E-state index in [4.69, 9.17) is 4.74 Å². The van der Waals surface area contributed by atoms with Gasteiger partial charge in [-0.3, -0.25) is 4.90 Å². The van der Waals surface area contributed by atoms with Crippen molar-refractivity contribution in [2.45, 2.75) is 45.1 Å². The summed E-state index contributed by atoms with van der Waals surface area (Å²) in [6, 6.07) is 2.10. The predicted molar refractivity (Wildman–Crippen MR) is 98.9 cm³/mol. The largest absolute Gasteiger partial charge is 0.379 e. The predicted octanol–water partition coefficient (Wildman–Crippen LogP) is 2.70. The fraction of sp³-hybridized carbons (Fsp3) is 0.632. The molecule has 1 N–H and O–H groups in total. The van der Waals surface area contributed by atoms with Gasteiger partial charge in [-0.2, -0.15) is 0 Å². The molecule has 4 rings (SSSR count). The van der Waals surface area contributed by atoms with E-state index in [0.29, 0.717) is 0 Å². The van der Waals surface area contributed by atoms with Gasteiger partial charge in [0.1, 0.15) is 12.1 Å². The van der Waals surface area contributed by atoms with Crippen LogP contribution in [0, 0.1) is 13.8 Å². The fourth-order valence-electron chi connectivity index (χ4n) is 4.47. The maximum Gasteiger partial charge on any atom is 0.165 e. The minimum Gasteiger partial charge on any atom is -0.379 e. The van der Waals surface area contributed by atoms with E-state index in [9.17, 15) is 0 Å². The van der Waals surface area contributed by atoms with Crippen LogP contribution in [-0.4, -0.2) is 58.2 Å². The van der Waals surface area contributed by atoms with Crippen LogP contribution in [0.2, 0.25) is 0 Å². The average molecular weight is 341 g/mol. The van der Waals surface area contributed by atoms with E-state index in [-0.39, 0.29) is 5.54 Å². The summed E-state index contributed by atoms with van der Waals surface area (Å²) in [4.78, 5) is 16.1. The molecule has 2 aromatic rings. The minimum absolute atomic E-state index is 0.229. The summed E-state index contributed by atoms with van der Waals surface area (Å²) < 4.78 is 5.56. The second-order valence-corrected chi connectivity index (χ2v) is 7.39. The zero-order valence-electron chi connectivity index (χ0n) is 15.2. The average Bonchev–Trinajstić information content (AvgIpc) is 3.10. The molecule has 6 heteroatoms. The Kier molecular flexibility index (Phi) is 4.56. The highest BCUT2D eigenvalue weighted by Crippen LogP contribution is 2.36.